The molecule has 2 unspecified atom stereocenters. The first-order chi connectivity index (χ1) is 9.35. The van der Waals surface area contributed by atoms with Gasteiger partial charge in [-0.2, -0.15) is 11.8 Å². The van der Waals surface area contributed by atoms with Crippen molar-refractivity contribution in [3.8, 4) is 0 Å². The molecule has 20 heavy (non-hydrogen) atoms. The Bertz CT molecular complexity index is 339. The van der Waals surface area contributed by atoms with E-state index < -0.39 is 5.60 Å². The SMILES string of the molecule is CC1CC(NCCN(C(=O)OC(C)(C)C)C2CC2)CS1. The lowest BCUT2D eigenvalue weighted by atomic mass is 10.2. The number of carbonyl (C=O) groups is 1. The van der Waals surface area contributed by atoms with Crippen LogP contribution in [0.3, 0.4) is 0 Å². The van der Waals surface area contributed by atoms with Gasteiger partial charge in [-0.15, -0.1) is 0 Å². The lowest BCUT2D eigenvalue weighted by molar-refractivity contribution is 0.0235. The first-order valence-electron chi connectivity index (χ1n) is 7.70. The van der Waals surface area contributed by atoms with E-state index in [2.05, 4.69) is 12.2 Å². The van der Waals surface area contributed by atoms with Crippen molar-refractivity contribution < 1.29 is 9.53 Å². The van der Waals surface area contributed by atoms with Crippen molar-refractivity contribution in [1.29, 1.82) is 0 Å². The van der Waals surface area contributed by atoms with Crippen molar-refractivity contribution in [1.82, 2.24) is 10.2 Å². The minimum absolute atomic E-state index is 0.157. The molecule has 2 fully saturated rings. The Balaban J connectivity index is 1.73. The van der Waals surface area contributed by atoms with Crippen LogP contribution < -0.4 is 5.32 Å². The van der Waals surface area contributed by atoms with E-state index in [1.807, 2.05) is 37.4 Å². The van der Waals surface area contributed by atoms with Crippen LogP contribution in [0.2, 0.25) is 0 Å². The first kappa shape index (κ1) is 16.0. The summed E-state index contributed by atoms with van der Waals surface area (Å²) in [6.45, 7) is 9.68. The highest BCUT2D eigenvalue weighted by molar-refractivity contribution is 8.00. The molecule has 116 valence electrons. The average molecular weight is 300 g/mol. The van der Waals surface area contributed by atoms with Crippen LogP contribution in [0.5, 0.6) is 0 Å². The van der Waals surface area contributed by atoms with Crippen LogP contribution in [0.1, 0.15) is 47.0 Å². The van der Waals surface area contributed by atoms with E-state index >= 15 is 0 Å². The van der Waals surface area contributed by atoms with Gasteiger partial charge in [0.15, 0.2) is 0 Å². The van der Waals surface area contributed by atoms with Crippen molar-refractivity contribution in [3.05, 3.63) is 0 Å². The molecule has 1 aliphatic heterocycles. The monoisotopic (exact) mass is 300 g/mol. The Morgan fingerprint density at radius 3 is 2.60 bits per heavy atom. The number of hydrogen-bond donors (Lipinski definition) is 1. The molecule has 1 saturated carbocycles. The van der Waals surface area contributed by atoms with Crippen LogP contribution in [0, 0.1) is 0 Å². The largest absolute Gasteiger partial charge is 0.444 e. The fraction of sp³-hybridized carbons (Fsp3) is 0.933. The summed E-state index contributed by atoms with van der Waals surface area (Å²) in [5.41, 5.74) is -0.408. The van der Waals surface area contributed by atoms with Crippen LogP contribution in [0.15, 0.2) is 0 Å². The molecule has 1 heterocycles. The molecule has 2 rings (SSSR count). The third-order valence-electron chi connectivity index (χ3n) is 3.60. The average Bonchev–Trinajstić information content (AvgIpc) is 3.06. The number of nitrogens with zero attached hydrogens (tertiary/aromatic N) is 1. The minimum Gasteiger partial charge on any atom is -0.444 e. The van der Waals surface area contributed by atoms with E-state index in [9.17, 15) is 4.79 Å². The molecule has 1 amide bonds. The first-order valence-corrected chi connectivity index (χ1v) is 8.74. The van der Waals surface area contributed by atoms with Crippen molar-refractivity contribution in [3.63, 3.8) is 0 Å². The van der Waals surface area contributed by atoms with Gasteiger partial charge in [0.2, 0.25) is 0 Å². The van der Waals surface area contributed by atoms with E-state index in [4.69, 9.17) is 4.74 Å². The Morgan fingerprint density at radius 2 is 2.10 bits per heavy atom. The number of hydrogen-bond acceptors (Lipinski definition) is 4. The van der Waals surface area contributed by atoms with Crippen LogP contribution in [-0.2, 0) is 4.74 Å². The van der Waals surface area contributed by atoms with Gasteiger partial charge in [-0.25, -0.2) is 4.79 Å². The molecule has 0 aromatic heterocycles. The van der Waals surface area contributed by atoms with E-state index in [0.29, 0.717) is 12.1 Å². The fourth-order valence-electron chi connectivity index (χ4n) is 2.48. The van der Waals surface area contributed by atoms with Gasteiger partial charge >= 0.3 is 6.09 Å². The van der Waals surface area contributed by atoms with Crippen LogP contribution in [0.25, 0.3) is 0 Å². The number of carbonyl (C=O) groups excluding carboxylic acids is 1. The second-order valence-electron chi connectivity index (χ2n) is 6.94. The highest BCUT2D eigenvalue weighted by atomic mass is 32.2. The van der Waals surface area contributed by atoms with Crippen LogP contribution >= 0.6 is 11.8 Å². The number of rotatable bonds is 5. The smallest absolute Gasteiger partial charge is 0.410 e. The molecule has 1 N–H and O–H groups in total. The number of ether oxygens (including phenoxy) is 1. The lowest BCUT2D eigenvalue weighted by Crippen LogP contribution is -2.43. The van der Waals surface area contributed by atoms with Gasteiger partial charge in [-0.1, -0.05) is 6.92 Å². The highest BCUT2D eigenvalue weighted by Crippen LogP contribution is 2.28. The molecule has 1 aliphatic carbocycles. The number of thioether (sulfide) groups is 1. The Labute approximate surface area is 127 Å². The summed E-state index contributed by atoms with van der Waals surface area (Å²) in [4.78, 5) is 14.1. The highest BCUT2D eigenvalue weighted by Gasteiger charge is 2.35. The molecule has 5 heteroatoms. The van der Waals surface area contributed by atoms with E-state index in [0.717, 1.165) is 31.2 Å². The summed E-state index contributed by atoms with van der Waals surface area (Å²) in [5, 5.41) is 4.33. The van der Waals surface area contributed by atoms with Gasteiger partial charge in [0, 0.05) is 36.2 Å². The van der Waals surface area contributed by atoms with Crippen molar-refractivity contribution in [2.75, 3.05) is 18.8 Å². The van der Waals surface area contributed by atoms with Crippen LogP contribution in [0.4, 0.5) is 4.79 Å². The predicted molar refractivity (Wildman–Crippen MR) is 84.3 cm³/mol. The molecule has 0 aromatic rings. The maximum Gasteiger partial charge on any atom is 0.410 e. The maximum atomic E-state index is 12.2. The summed E-state index contributed by atoms with van der Waals surface area (Å²) in [6.07, 6.45) is 3.32. The molecule has 2 aliphatic rings. The molecule has 2 atom stereocenters. The minimum atomic E-state index is -0.408. The molecule has 0 aromatic carbocycles. The van der Waals surface area contributed by atoms with E-state index in [1.54, 1.807) is 0 Å². The second-order valence-corrected chi connectivity index (χ2v) is 8.41. The number of amides is 1. The predicted octanol–water partition coefficient (Wildman–Crippen LogP) is 2.87. The zero-order valence-electron chi connectivity index (χ0n) is 13.1. The van der Waals surface area contributed by atoms with E-state index in [1.165, 1.54) is 12.2 Å². The van der Waals surface area contributed by atoms with Crippen LogP contribution in [-0.4, -0.2) is 52.8 Å². The quantitative estimate of drug-likeness (QED) is 0.848. The summed E-state index contributed by atoms with van der Waals surface area (Å²) >= 11 is 2.03. The molecule has 0 spiro atoms. The van der Waals surface area contributed by atoms with Gasteiger partial charge in [-0.05, 0) is 40.0 Å². The topological polar surface area (TPSA) is 41.6 Å². The van der Waals surface area contributed by atoms with Gasteiger partial charge < -0.3 is 15.0 Å². The Morgan fingerprint density at radius 1 is 1.40 bits per heavy atom. The van der Waals surface area contributed by atoms with Gasteiger partial charge in [-0.3, -0.25) is 0 Å². The van der Waals surface area contributed by atoms with E-state index in [-0.39, 0.29) is 6.09 Å². The summed E-state index contributed by atoms with van der Waals surface area (Å²) in [7, 11) is 0. The zero-order valence-corrected chi connectivity index (χ0v) is 14.0. The molecule has 0 bridgehead atoms. The number of nitrogens with one attached hydrogen (secondary N) is 1. The standard InChI is InChI=1S/C15H28N2O2S/c1-11-9-12(10-20-11)16-7-8-17(13-5-6-13)14(18)19-15(2,3)4/h11-13,16H,5-10H2,1-4H3. The molecular formula is C15H28N2O2S. The fourth-order valence-corrected chi connectivity index (χ4v) is 3.66. The van der Waals surface area contributed by atoms with Crippen molar-refractivity contribution in [2.45, 2.75) is 69.9 Å². The van der Waals surface area contributed by atoms with Gasteiger partial charge in [0.05, 0.1) is 0 Å². The molecule has 1 saturated heterocycles. The summed E-state index contributed by atoms with van der Waals surface area (Å²) < 4.78 is 5.50. The maximum absolute atomic E-state index is 12.2. The van der Waals surface area contributed by atoms with Crippen molar-refractivity contribution >= 4 is 17.9 Å². The molecule has 4 nitrogen and oxygen atoms in total. The summed E-state index contributed by atoms with van der Waals surface area (Å²) in [5.74, 6) is 1.19. The zero-order chi connectivity index (χ0) is 14.8. The second kappa shape index (κ2) is 6.56. The lowest BCUT2D eigenvalue weighted by Gasteiger charge is -2.28. The Hall–Kier alpha value is -0.420. The Kier molecular flexibility index (Phi) is 5.24. The summed E-state index contributed by atoms with van der Waals surface area (Å²) in [6, 6.07) is 1.01. The third kappa shape index (κ3) is 5.17. The van der Waals surface area contributed by atoms with Gasteiger partial charge in [0.1, 0.15) is 5.60 Å². The third-order valence-corrected chi connectivity index (χ3v) is 4.96. The van der Waals surface area contributed by atoms with Crippen molar-refractivity contribution in [2.24, 2.45) is 0 Å². The normalized spacial score (nSPS) is 26.6. The molecule has 0 radical (unpaired) electrons. The van der Waals surface area contributed by atoms with Gasteiger partial charge in [0.25, 0.3) is 0 Å². The molecular weight excluding hydrogens is 272 g/mol.